The molecule has 2 heterocycles. The van der Waals surface area contributed by atoms with Crippen molar-refractivity contribution < 1.29 is 4.74 Å². The average Bonchev–Trinajstić information content (AvgIpc) is 2.80. The number of aryl methyl sites for hydroxylation is 1. The molecule has 0 fully saturated rings. The van der Waals surface area contributed by atoms with E-state index in [1.54, 1.807) is 38.4 Å². The van der Waals surface area contributed by atoms with Crippen molar-refractivity contribution in [2.45, 2.75) is 10.8 Å². The van der Waals surface area contributed by atoms with E-state index in [0.717, 1.165) is 15.7 Å². The van der Waals surface area contributed by atoms with Gasteiger partial charge in [-0.05, 0) is 42.0 Å². The number of halogens is 2. The summed E-state index contributed by atoms with van der Waals surface area (Å²) in [6.07, 6.45) is 0. The van der Waals surface area contributed by atoms with Crippen LogP contribution in [0.25, 0.3) is 22.4 Å². The fourth-order valence-corrected chi connectivity index (χ4v) is 4.76. The van der Waals surface area contributed by atoms with E-state index in [4.69, 9.17) is 27.9 Å². The Hall–Kier alpha value is -2.81. The summed E-state index contributed by atoms with van der Waals surface area (Å²) in [6, 6.07) is 12.5. The highest BCUT2D eigenvalue weighted by Gasteiger charge is 2.18. The highest BCUT2D eigenvalue weighted by Crippen LogP contribution is 2.31. The van der Waals surface area contributed by atoms with Crippen molar-refractivity contribution in [2.24, 2.45) is 14.1 Å². The van der Waals surface area contributed by atoms with Crippen molar-refractivity contribution in [1.29, 1.82) is 0 Å². The molecular formula is C22H18Cl2N4O3S. The van der Waals surface area contributed by atoms with Gasteiger partial charge >= 0.3 is 5.69 Å². The summed E-state index contributed by atoms with van der Waals surface area (Å²) in [6.45, 7) is 0. The van der Waals surface area contributed by atoms with Crippen LogP contribution in [0.15, 0.2) is 57.1 Å². The first-order valence-corrected chi connectivity index (χ1v) is 11.2. The number of methoxy groups -OCH3 is 1. The highest BCUT2D eigenvalue weighted by atomic mass is 35.5. The SMILES string of the molecule is COc1ccc(-c2nc(SCc3ccc(Cl)cc3Cl)c3c(=O)n(C)c(=O)n(C)c3n2)cc1. The molecule has 0 N–H and O–H groups in total. The van der Waals surface area contributed by atoms with E-state index in [-0.39, 0.29) is 11.0 Å². The van der Waals surface area contributed by atoms with Crippen LogP contribution in [0, 0.1) is 0 Å². The molecule has 164 valence electrons. The third-order valence-electron chi connectivity index (χ3n) is 4.99. The van der Waals surface area contributed by atoms with Gasteiger partial charge in [0.2, 0.25) is 0 Å². The molecule has 0 amide bonds. The lowest BCUT2D eigenvalue weighted by molar-refractivity contribution is 0.415. The third-order valence-corrected chi connectivity index (χ3v) is 6.61. The Balaban J connectivity index is 1.89. The Bertz CT molecular complexity index is 1450. The standard InChI is InChI=1S/C22H18Cl2N4O3S/c1-27-19-17(21(29)28(2)22(27)30)20(32-11-13-4-7-14(23)10-16(13)24)26-18(25-19)12-5-8-15(31-3)9-6-12/h4-10H,11H2,1-3H3. The predicted octanol–water partition coefficient (Wildman–Crippen LogP) is 4.30. The fourth-order valence-electron chi connectivity index (χ4n) is 3.19. The molecular weight excluding hydrogens is 471 g/mol. The summed E-state index contributed by atoms with van der Waals surface area (Å²) < 4.78 is 7.62. The molecule has 0 aliphatic heterocycles. The molecule has 0 aliphatic carbocycles. The molecule has 4 aromatic rings. The zero-order valence-corrected chi connectivity index (χ0v) is 19.8. The van der Waals surface area contributed by atoms with E-state index in [0.29, 0.717) is 32.4 Å². The van der Waals surface area contributed by atoms with Gasteiger partial charge in [-0.1, -0.05) is 29.3 Å². The van der Waals surface area contributed by atoms with Crippen molar-refractivity contribution in [3.05, 3.63) is 78.9 Å². The Morgan fingerprint density at radius 1 is 1.00 bits per heavy atom. The first-order valence-electron chi connectivity index (χ1n) is 9.49. The Kier molecular flexibility index (Phi) is 6.28. The lowest BCUT2D eigenvalue weighted by Crippen LogP contribution is -2.37. The van der Waals surface area contributed by atoms with Crippen LogP contribution in [0.4, 0.5) is 0 Å². The second-order valence-corrected chi connectivity index (χ2v) is 8.82. The van der Waals surface area contributed by atoms with Crippen LogP contribution < -0.4 is 16.0 Å². The second kappa shape index (κ2) is 8.97. The molecule has 10 heteroatoms. The van der Waals surface area contributed by atoms with Gasteiger partial charge in [-0.15, -0.1) is 11.8 Å². The smallest absolute Gasteiger partial charge is 0.332 e. The molecule has 0 spiro atoms. The van der Waals surface area contributed by atoms with Crippen LogP contribution in [0.2, 0.25) is 10.0 Å². The van der Waals surface area contributed by atoms with Gasteiger partial charge in [0, 0.05) is 35.5 Å². The molecule has 0 bridgehead atoms. The number of hydrogen-bond donors (Lipinski definition) is 0. The summed E-state index contributed by atoms with van der Waals surface area (Å²) in [5.41, 5.74) is 0.934. The van der Waals surface area contributed by atoms with Crippen LogP contribution in [-0.4, -0.2) is 26.2 Å². The molecule has 4 rings (SSSR count). The van der Waals surface area contributed by atoms with E-state index < -0.39 is 11.2 Å². The van der Waals surface area contributed by atoms with Crippen LogP contribution in [0.5, 0.6) is 5.75 Å². The second-order valence-electron chi connectivity index (χ2n) is 7.01. The van der Waals surface area contributed by atoms with Gasteiger partial charge < -0.3 is 4.74 Å². The van der Waals surface area contributed by atoms with Gasteiger partial charge in [-0.25, -0.2) is 14.8 Å². The quantitative estimate of drug-likeness (QED) is 0.307. The lowest BCUT2D eigenvalue weighted by atomic mass is 10.2. The van der Waals surface area contributed by atoms with Crippen LogP contribution >= 0.6 is 35.0 Å². The molecule has 0 saturated carbocycles. The number of ether oxygens (including phenoxy) is 1. The predicted molar refractivity (Wildman–Crippen MR) is 128 cm³/mol. The number of fused-ring (bicyclic) bond motifs is 1. The van der Waals surface area contributed by atoms with E-state index in [9.17, 15) is 9.59 Å². The number of nitrogens with zero attached hydrogens (tertiary/aromatic N) is 4. The molecule has 32 heavy (non-hydrogen) atoms. The van der Waals surface area contributed by atoms with Gasteiger partial charge in [0.15, 0.2) is 11.5 Å². The molecule has 2 aromatic heterocycles. The lowest BCUT2D eigenvalue weighted by Gasteiger charge is -2.12. The maximum Gasteiger partial charge on any atom is 0.332 e. The zero-order valence-electron chi connectivity index (χ0n) is 17.4. The van der Waals surface area contributed by atoms with E-state index in [1.165, 1.54) is 23.4 Å². The topological polar surface area (TPSA) is 79.0 Å². The number of thioether (sulfide) groups is 1. The fraction of sp³-hybridized carbons (Fsp3) is 0.182. The Labute approximate surface area is 197 Å². The largest absolute Gasteiger partial charge is 0.497 e. The average molecular weight is 489 g/mol. The van der Waals surface area contributed by atoms with Gasteiger partial charge in [0.25, 0.3) is 5.56 Å². The van der Waals surface area contributed by atoms with Gasteiger partial charge in [-0.3, -0.25) is 13.9 Å². The highest BCUT2D eigenvalue weighted by molar-refractivity contribution is 7.98. The van der Waals surface area contributed by atoms with Gasteiger partial charge in [0.1, 0.15) is 16.2 Å². The molecule has 2 aromatic carbocycles. The molecule has 0 aliphatic rings. The molecule has 7 nitrogen and oxygen atoms in total. The Morgan fingerprint density at radius 3 is 2.38 bits per heavy atom. The van der Waals surface area contributed by atoms with E-state index in [1.807, 2.05) is 18.2 Å². The molecule has 0 atom stereocenters. The number of aromatic nitrogens is 4. The van der Waals surface area contributed by atoms with Crippen molar-refractivity contribution in [3.8, 4) is 17.1 Å². The summed E-state index contributed by atoms with van der Waals surface area (Å²) >= 11 is 13.7. The molecule has 0 radical (unpaired) electrons. The minimum atomic E-state index is -0.460. The van der Waals surface area contributed by atoms with Crippen molar-refractivity contribution in [2.75, 3.05) is 7.11 Å². The summed E-state index contributed by atoms with van der Waals surface area (Å²) in [5.74, 6) is 1.55. The van der Waals surface area contributed by atoms with E-state index in [2.05, 4.69) is 9.97 Å². The van der Waals surface area contributed by atoms with Gasteiger partial charge in [-0.2, -0.15) is 0 Å². The number of hydrogen-bond acceptors (Lipinski definition) is 6. The van der Waals surface area contributed by atoms with Crippen LogP contribution in [-0.2, 0) is 19.8 Å². The maximum absolute atomic E-state index is 13.0. The minimum Gasteiger partial charge on any atom is -0.497 e. The number of rotatable bonds is 5. The third kappa shape index (κ3) is 4.13. The van der Waals surface area contributed by atoms with Gasteiger partial charge in [0.05, 0.1) is 7.11 Å². The van der Waals surface area contributed by atoms with E-state index >= 15 is 0 Å². The minimum absolute atomic E-state index is 0.267. The first kappa shape index (κ1) is 22.4. The first-order chi connectivity index (χ1) is 15.3. The monoisotopic (exact) mass is 488 g/mol. The summed E-state index contributed by atoms with van der Waals surface area (Å²) in [4.78, 5) is 34.7. The van der Waals surface area contributed by atoms with Crippen LogP contribution in [0.3, 0.4) is 0 Å². The molecule has 0 unspecified atom stereocenters. The van der Waals surface area contributed by atoms with Crippen molar-refractivity contribution >= 4 is 46.0 Å². The maximum atomic E-state index is 13.0. The van der Waals surface area contributed by atoms with Crippen LogP contribution in [0.1, 0.15) is 5.56 Å². The normalized spacial score (nSPS) is 11.2. The zero-order chi connectivity index (χ0) is 23.0. The molecule has 0 saturated heterocycles. The van der Waals surface area contributed by atoms with Crippen molar-refractivity contribution in [1.82, 2.24) is 19.1 Å². The Morgan fingerprint density at radius 2 is 1.72 bits per heavy atom. The summed E-state index contributed by atoms with van der Waals surface area (Å²) in [5, 5.41) is 1.81. The summed E-state index contributed by atoms with van der Waals surface area (Å²) in [7, 11) is 4.61. The number of benzene rings is 2. The van der Waals surface area contributed by atoms with Crippen molar-refractivity contribution in [3.63, 3.8) is 0 Å².